The Morgan fingerprint density at radius 1 is 1.21 bits per heavy atom. The van der Waals surface area contributed by atoms with Crippen molar-refractivity contribution in [3.8, 4) is 0 Å². The number of ether oxygens (including phenoxy) is 1. The van der Waals surface area contributed by atoms with E-state index in [-0.39, 0.29) is 0 Å². The van der Waals surface area contributed by atoms with Gasteiger partial charge in [0.15, 0.2) is 0 Å². The molecule has 1 heterocycles. The summed E-state index contributed by atoms with van der Waals surface area (Å²) in [6, 6.07) is 8.81. The molecule has 0 aliphatic heterocycles. The Labute approximate surface area is 115 Å². The minimum Gasteiger partial charge on any atom is -0.383 e. The summed E-state index contributed by atoms with van der Waals surface area (Å²) in [6.07, 6.45) is 3.91. The average molecular weight is 258 g/mol. The Kier molecular flexibility index (Phi) is 4.88. The van der Waals surface area contributed by atoms with Gasteiger partial charge in [0, 0.05) is 37.5 Å². The van der Waals surface area contributed by atoms with Crippen LogP contribution in [0.1, 0.15) is 25.3 Å². The molecule has 102 valence electrons. The molecule has 0 fully saturated rings. The summed E-state index contributed by atoms with van der Waals surface area (Å²) >= 11 is 0. The summed E-state index contributed by atoms with van der Waals surface area (Å²) in [6.45, 7) is 6.07. The maximum absolute atomic E-state index is 5.07. The second-order valence-corrected chi connectivity index (χ2v) is 4.97. The topological polar surface area (TPSA) is 34.1 Å². The summed E-state index contributed by atoms with van der Waals surface area (Å²) in [5.41, 5.74) is 1.30. The van der Waals surface area contributed by atoms with Crippen LogP contribution in [-0.4, -0.2) is 31.3 Å². The molecule has 3 heteroatoms. The van der Waals surface area contributed by atoms with Gasteiger partial charge in [0.05, 0.1) is 6.61 Å². The van der Waals surface area contributed by atoms with E-state index in [0.29, 0.717) is 12.0 Å². The fourth-order valence-electron chi connectivity index (χ4n) is 2.34. The van der Waals surface area contributed by atoms with Gasteiger partial charge in [-0.2, -0.15) is 0 Å². The summed E-state index contributed by atoms with van der Waals surface area (Å²) in [4.78, 5) is 4.36. The maximum atomic E-state index is 5.07. The number of methoxy groups -OCH3 is 1. The van der Waals surface area contributed by atoms with Gasteiger partial charge in [-0.3, -0.25) is 4.98 Å². The highest BCUT2D eigenvalue weighted by Gasteiger charge is 2.16. The first-order valence-electron chi connectivity index (χ1n) is 6.79. The lowest BCUT2D eigenvalue weighted by Crippen LogP contribution is -2.33. The Morgan fingerprint density at radius 3 is 2.79 bits per heavy atom. The highest BCUT2D eigenvalue weighted by atomic mass is 16.5. The number of nitrogens with zero attached hydrogens (tertiary/aromatic N) is 1. The van der Waals surface area contributed by atoms with Crippen LogP contribution in [0.3, 0.4) is 0 Å². The molecule has 0 radical (unpaired) electrons. The van der Waals surface area contributed by atoms with E-state index in [0.717, 1.165) is 13.2 Å². The van der Waals surface area contributed by atoms with E-state index in [1.165, 1.54) is 16.3 Å². The van der Waals surface area contributed by atoms with Crippen LogP contribution in [0.25, 0.3) is 10.8 Å². The SMILES string of the molecule is COCCNC(C)C(C)c1cncc2ccccc12. The fourth-order valence-corrected chi connectivity index (χ4v) is 2.34. The van der Waals surface area contributed by atoms with E-state index in [4.69, 9.17) is 4.74 Å². The maximum Gasteiger partial charge on any atom is 0.0587 e. The second kappa shape index (κ2) is 6.64. The van der Waals surface area contributed by atoms with Gasteiger partial charge in [-0.15, -0.1) is 0 Å². The normalized spacial score (nSPS) is 14.5. The Bertz CT molecular complexity index is 522. The third-order valence-electron chi connectivity index (χ3n) is 3.71. The van der Waals surface area contributed by atoms with Crippen LogP contribution < -0.4 is 5.32 Å². The highest BCUT2D eigenvalue weighted by molar-refractivity contribution is 5.85. The van der Waals surface area contributed by atoms with Crippen LogP contribution in [0.4, 0.5) is 0 Å². The molecule has 1 aromatic carbocycles. The molecule has 2 atom stereocenters. The van der Waals surface area contributed by atoms with E-state index in [2.05, 4.69) is 48.4 Å². The summed E-state index contributed by atoms with van der Waals surface area (Å²) in [5.74, 6) is 0.412. The molecule has 1 aromatic heterocycles. The first kappa shape index (κ1) is 14.0. The molecule has 1 N–H and O–H groups in total. The number of pyridine rings is 1. The van der Waals surface area contributed by atoms with Crippen LogP contribution in [-0.2, 0) is 4.74 Å². The van der Waals surface area contributed by atoms with Crippen molar-refractivity contribution in [1.82, 2.24) is 10.3 Å². The molecule has 0 aliphatic carbocycles. The van der Waals surface area contributed by atoms with Crippen LogP contribution in [0.15, 0.2) is 36.7 Å². The molecule has 19 heavy (non-hydrogen) atoms. The lowest BCUT2D eigenvalue weighted by Gasteiger charge is -2.22. The van der Waals surface area contributed by atoms with Gasteiger partial charge in [0.25, 0.3) is 0 Å². The number of fused-ring (bicyclic) bond motifs is 1. The van der Waals surface area contributed by atoms with Gasteiger partial charge >= 0.3 is 0 Å². The molecule has 0 saturated carbocycles. The van der Waals surface area contributed by atoms with Crippen molar-refractivity contribution >= 4 is 10.8 Å². The number of benzene rings is 1. The van der Waals surface area contributed by atoms with Crippen molar-refractivity contribution in [1.29, 1.82) is 0 Å². The average Bonchev–Trinajstić information content (AvgIpc) is 2.46. The zero-order valence-electron chi connectivity index (χ0n) is 11.9. The van der Waals surface area contributed by atoms with Crippen molar-refractivity contribution in [2.75, 3.05) is 20.3 Å². The van der Waals surface area contributed by atoms with Crippen molar-refractivity contribution in [3.63, 3.8) is 0 Å². The van der Waals surface area contributed by atoms with Crippen LogP contribution in [0.2, 0.25) is 0 Å². The monoisotopic (exact) mass is 258 g/mol. The van der Waals surface area contributed by atoms with Gasteiger partial charge in [-0.25, -0.2) is 0 Å². The fraction of sp³-hybridized carbons (Fsp3) is 0.438. The van der Waals surface area contributed by atoms with E-state index in [1.807, 2.05) is 12.4 Å². The number of hydrogen-bond acceptors (Lipinski definition) is 3. The largest absolute Gasteiger partial charge is 0.383 e. The molecule has 0 aliphatic rings. The lowest BCUT2D eigenvalue weighted by atomic mass is 9.92. The van der Waals surface area contributed by atoms with Crippen molar-refractivity contribution in [3.05, 3.63) is 42.2 Å². The number of aromatic nitrogens is 1. The summed E-state index contributed by atoms with van der Waals surface area (Å²) < 4.78 is 5.07. The van der Waals surface area contributed by atoms with Gasteiger partial charge in [-0.05, 0) is 23.8 Å². The minimum atomic E-state index is 0.391. The predicted octanol–water partition coefficient (Wildman–Crippen LogP) is 2.96. The Morgan fingerprint density at radius 2 is 2.00 bits per heavy atom. The van der Waals surface area contributed by atoms with Crippen LogP contribution in [0, 0.1) is 0 Å². The molecule has 2 aromatic rings. The molecular formula is C16H22N2O. The van der Waals surface area contributed by atoms with Crippen LogP contribution >= 0.6 is 0 Å². The van der Waals surface area contributed by atoms with E-state index >= 15 is 0 Å². The second-order valence-electron chi connectivity index (χ2n) is 4.97. The summed E-state index contributed by atoms with van der Waals surface area (Å²) in [5, 5.41) is 5.99. The number of hydrogen-bond donors (Lipinski definition) is 1. The third kappa shape index (κ3) is 3.31. The third-order valence-corrected chi connectivity index (χ3v) is 3.71. The number of rotatable bonds is 6. The van der Waals surface area contributed by atoms with Gasteiger partial charge in [0.2, 0.25) is 0 Å². The zero-order chi connectivity index (χ0) is 13.7. The molecule has 0 bridgehead atoms. The van der Waals surface area contributed by atoms with Crippen molar-refractivity contribution in [2.45, 2.75) is 25.8 Å². The Balaban J connectivity index is 2.18. The van der Waals surface area contributed by atoms with Crippen LogP contribution in [0.5, 0.6) is 0 Å². The standard InChI is InChI=1S/C16H22N2O/c1-12(13(2)18-8-9-19-3)16-11-17-10-14-6-4-5-7-15(14)16/h4-7,10-13,18H,8-9H2,1-3H3. The van der Waals surface area contributed by atoms with Gasteiger partial charge in [0.1, 0.15) is 0 Å². The summed E-state index contributed by atoms with van der Waals surface area (Å²) in [7, 11) is 1.73. The first-order valence-corrected chi connectivity index (χ1v) is 6.79. The predicted molar refractivity (Wildman–Crippen MR) is 79.5 cm³/mol. The first-order chi connectivity index (χ1) is 9.24. The van der Waals surface area contributed by atoms with E-state index in [9.17, 15) is 0 Å². The number of nitrogens with one attached hydrogen (secondary N) is 1. The van der Waals surface area contributed by atoms with Crippen molar-refractivity contribution < 1.29 is 4.74 Å². The molecule has 0 spiro atoms. The molecule has 0 saturated heterocycles. The lowest BCUT2D eigenvalue weighted by molar-refractivity contribution is 0.195. The molecule has 0 amide bonds. The van der Waals surface area contributed by atoms with Gasteiger partial charge < -0.3 is 10.1 Å². The minimum absolute atomic E-state index is 0.391. The van der Waals surface area contributed by atoms with E-state index < -0.39 is 0 Å². The molecule has 2 unspecified atom stereocenters. The zero-order valence-corrected chi connectivity index (χ0v) is 11.9. The highest BCUT2D eigenvalue weighted by Crippen LogP contribution is 2.26. The Hall–Kier alpha value is -1.45. The van der Waals surface area contributed by atoms with Gasteiger partial charge in [-0.1, -0.05) is 31.2 Å². The molecular weight excluding hydrogens is 236 g/mol. The smallest absolute Gasteiger partial charge is 0.0587 e. The molecule has 2 rings (SSSR count). The molecule has 3 nitrogen and oxygen atoms in total. The quantitative estimate of drug-likeness (QED) is 0.809. The van der Waals surface area contributed by atoms with E-state index in [1.54, 1.807) is 7.11 Å². The van der Waals surface area contributed by atoms with Crippen molar-refractivity contribution in [2.24, 2.45) is 0 Å².